The van der Waals surface area contributed by atoms with Gasteiger partial charge in [-0.1, -0.05) is 0 Å². The fourth-order valence-corrected chi connectivity index (χ4v) is 4.88. The Morgan fingerprint density at radius 2 is 1.95 bits per heavy atom. The minimum atomic E-state index is -2.81. The fourth-order valence-electron chi connectivity index (χ4n) is 3.29. The molecule has 1 aromatic heterocycles. The summed E-state index contributed by atoms with van der Waals surface area (Å²) in [6, 6.07) is 0.0936. The lowest BCUT2D eigenvalue weighted by Gasteiger charge is -2.26. The smallest absolute Gasteiger partial charge is 0.150 e. The van der Waals surface area contributed by atoms with Crippen molar-refractivity contribution in [3.8, 4) is 0 Å². The van der Waals surface area contributed by atoms with E-state index in [1.807, 2.05) is 0 Å². The first-order valence-corrected chi connectivity index (χ1v) is 9.15. The van der Waals surface area contributed by atoms with Gasteiger partial charge in [0.25, 0.3) is 0 Å². The lowest BCUT2D eigenvalue weighted by Crippen LogP contribution is -2.27. The summed E-state index contributed by atoms with van der Waals surface area (Å²) in [6.07, 6.45) is 5.14. The molecule has 3 rings (SSSR count). The molecule has 0 spiro atoms. The summed E-state index contributed by atoms with van der Waals surface area (Å²) in [6.45, 7) is 0.122. The second-order valence-corrected chi connectivity index (χ2v) is 8.23. The van der Waals surface area contributed by atoms with Crippen LogP contribution in [0.5, 0.6) is 0 Å². The Hall–Kier alpha value is -0.950. The average Bonchev–Trinajstić information content (AvgIpc) is 2.84. The molecule has 1 atom stereocenters. The maximum absolute atomic E-state index is 11.5. The number of rotatable bonds is 3. The van der Waals surface area contributed by atoms with Crippen molar-refractivity contribution in [2.45, 2.75) is 44.6 Å². The highest BCUT2D eigenvalue weighted by atomic mass is 32.2. The van der Waals surface area contributed by atoms with Crippen LogP contribution in [0.3, 0.4) is 0 Å². The van der Waals surface area contributed by atoms with E-state index in [4.69, 9.17) is 0 Å². The molecular weight excluding hydrogens is 278 g/mol. The van der Waals surface area contributed by atoms with Crippen LogP contribution in [-0.2, 0) is 22.7 Å². The molecule has 1 aromatic rings. The van der Waals surface area contributed by atoms with Crippen molar-refractivity contribution in [2.24, 2.45) is 5.92 Å². The van der Waals surface area contributed by atoms with Crippen LogP contribution in [0.1, 0.15) is 43.4 Å². The first-order chi connectivity index (χ1) is 9.59. The van der Waals surface area contributed by atoms with Crippen molar-refractivity contribution in [3.63, 3.8) is 0 Å². The van der Waals surface area contributed by atoms with E-state index in [0.717, 1.165) is 37.3 Å². The molecule has 1 N–H and O–H groups in total. The zero-order valence-corrected chi connectivity index (χ0v) is 12.3. The van der Waals surface area contributed by atoms with Gasteiger partial charge in [-0.25, -0.2) is 8.42 Å². The Kier molecular flexibility index (Phi) is 3.81. The van der Waals surface area contributed by atoms with E-state index in [2.05, 4.69) is 14.8 Å². The molecule has 1 saturated heterocycles. The van der Waals surface area contributed by atoms with E-state index >= 15 is 0 Å². The number of hydrogen-bond acceptors (Lipinski definition) is 5. The Labute approximate surface area is 119 Å². The number of sulfone groups is 1. The van der Waals surface area contributed by atoms with Crippen LogP contribution in [0.4, 0.5) is 0 Å². The largest absolute Gasteiger partial charge is 0.394 e. The van der Waals surface area contributed by atoms with Gasteiger partial charge in [-0.05, 0) is 31.6 Å². The molecular formula is C13H21N3O3S. The van der Waals surface area contributed by atoms with Gasteiger partial charge in [-0.2, -0.15) is 0 Å². The maximum atomic E-state index is 11.5. The molecule has 2 aliphatic rings. The molecule has 0 radical (unpaired) electrons. The van der Waals surface area contributed by atoms with E-state index in [9.17, 15) is 13.5 Å². The summed E-state index contributed by atoms with van der Waals surface area (Å²) >= 11 is 0. The number of fused-ring (bicyclic) bond motifs is 1. The van der Waals surface area contributed by atoms with Gasteiger partial charge in [-0.15, -0.1) is 10.2 Å². The van der Waals surface area contributed by atoms with E-state index in [0.29, 0.717) is 30.3 Å². The van der Waals surface area contributed by atoms with Crippen molar-refractivity contribution >= 4 is 9.84 Å². The standard InChI is InChI=1S/C13H21N3O3S/c17-9-11-2-1-3-12-14-15-13(16(11)12)8-10-4-6-20(18,19)7-5-10/h10-11,17H,1-9H2. The van der Waals surface area contributed by atoms with Crippen molar-refractivity contribution in [3.05, 3.63) is 11.6 Å². The summed E-state index contributed by atoms with van der Waals surface area (Å²) in [5.41, 5.74) is 0. The van der Waals surface area contributed by atoms with E-state index in [1.54, 1.807) is 0 Å². The first-order valence-electron chi connectivity index (χ1n) is 7.33. The molecule has 0 amide bonds. The van der Waals surface area contributed by atoms with Crippen molar-refractivity contribution in [1.82, 2.24) is 14.8 Å². The maximum Gasteiger partial charge on any atom is 0.150 e. The number of aliphatic hydroxyl groups is 1. The number of nitrogens with zero attached hydrogens (tertiary/aromatic N) is 3. The predicted molar refractivity (Wildman–Crippen MR) is 74.2 cm³/mol. The molecule has 112 valence electrons. The summed E-state index contributed by atoms with van der Waals surface area (Å²) in [4.78, 5) is 0. The van der Waals surface area contributed by atoms with E-state index < -0.39 is 9.84 Å². The van der Waals surface area contributed by atoms with Gasteiger partial charge in [0, 0.05) is 12.8 Å². The second-order valence-electron chi connectivity index (χ2n) is 5.93. The quantitative estimate of drug-likeness (QED) is 0.879. The van der Waals surface area contributed by atoms with Crippen LogP contribution in [0.25, 0.3) is 0 Å². The SMILES string of the molecule is O=S1(=O)CCC(Cc2nnc3n2C(CO)CCC3)CC1. The Morgan fingerprint density at radius 1 is 1.20 bits per heavy atom. The third-order valence-electron chi connectivity index (χ3n) is 4.50. The number of aromatic nitrogens is 3. The molecule has 0 aromatic carbocycles. The van der Waals surface area contributed by atoms with Gasteiger partial charge < -0.3 is 9.67 Å². The van der Waals surface area contributed by atoms with Gasteiger partial charge in [0.2, 0.25) is 0 Å². The molecule has 0 saturated carbocycles. The van der Waals surface area contributed by atoms with Crippen LogP contribution in [0, 0.1) is 5.92 Å². The third kappa shape index (κ3) is 2.74. The minimum absolute atomic E-state index is 0.0936. The zero-order valence-electron chi connectivity index (χ0n) is 11.5. The summed E-state index contributed by atoms with van der Waals surface area (Å²) < 4.78 is 25.0. The van der Waals surface area contributed by atoms with Gasteiger partial charge >= 0.3 is 0 Å². The van der Waals surface area contributed by atoms with Crippen LogP contribution in [-0.4, -0.2) is 46.4 Å². The highest BCUT2D eigenvalue weighted by Gasteiger charge is 2.28. The molecule has 0 aliphatic carbocycles. The lowest BCUT2D eigenvalue weighted by atomic mass is 9.97. The van der Waals surface area contributed by atoms with Gasteiger partial charge in [0.05, 0.1) is 24.2 Å². The topological polar surface area (TPSA) is 85.1 Å². The Morgan fingerprint density at radius 3 is 2.65 bits per heavy atom. The molecule has 1 fully saturated rings. The average molecular weight is 299 g/mol. The third-order valence-corrected chi connectivity index (χ3v) is 6.21. The summed E-state index contributed by atoms with van der Waals surface area (Å²) in [5, 5.41) is 18.0. The van der Waals surface area contributed by atoms with Crippen molar-refractivity contribution < 1.29 is 13.5 Å². The molecule has 0 bridgehead atoms. The van der Waals surface area contributed by atoms with Crippen LogP contribution >= 0.6 is 0 Å². The Bertz CT molecular complexity index is 568. The fraction of sp³-hybridized carbons (Fsp3) is 0.846. The molecule has 3 heterocycles. The lowest BCUT2D eigenvalue weighted by molar-refractivity contribution is 0.202. The molecule has 2 aliphatic heterocycles. The summed E-state index contributed by atoms with van der Waals surface area (Å²) in [7, 11) is -2.81. The molecule has 20 heavy (non-hydrogen) atoms. The minimum Gasteiger partial charge on any atom is -0.394 e. The number of hydrogen-bond donors (Lipinski definition) is 1. The monoisotopic (exact) mass is 299 g/mol. The molecule has 7 heteroatoms. The van der Waals surface area contributed by atoms with Gasteiger partial charge in [0.1, 0.15) is 21.5 Å². The van der Waals surface area contributed by atoms with Gasteiger partial charge in [-0.3, -0.25) is 0 Å². The van der Waals surface area contributed by atoms with Crippen molar-refractivity contribution in [2.75, 3.05) is 18.1 Å². The number of aryl methyl sites for hydroxylation is 1. The number of aliphatic hydroxyl groups excluding tert-OH is 1. The van der Waals surface area contributed by atoms with Crippen LogP contribution < -0.4 is 0 Å². The van der Waals surface area contributed by atoms with Crippen LogP contribution in [0.2, 0.25) is 0 Å². The van der Waals surface area contributed by atoms with Crippen LogP contribution in [0.15, 0.2) is 0 Å². The normalized spacial score (nSPS) is 26.4. The van der Waals surface area contributed by atoms with Gasteiger partial charge in [0.15, 0.2) is 0 Å². The van der Waals surface area contributed by atoms with Crippen molar-refractivity contribution in [1.29, 1.82) is 0 Å². The predicted octanol–water partition coefficient (Wildman–Crippen LogP) is 0.515. The Balaban J connectivity index is 1.74. The highest BCUT2D eigenvalue weighted by Crippen LogP contribution is 2.28. The van der Waals surface area contributed by atoms with E-state index in [1.165, 1.54) is 0 Å². The van der Waals surface area contributed by atoms with E-state index in [-0.39, 0.29) is 12.6 Å². The molecule has 1 unspecified atom stereocenters. The second kappa shape index (κ2) is 5.44. The zero-order chi connectivity index (χ0) is 14.2. The highest BCUT2D eigenvalue weighted by molar-refractivity contribution is 7.91. The first kappa shape index (κ1) is 14.0. The molecule has 6 nitrogen and oxygen atoms in total. The summed E-state index contributed by atoms with van der Waals surface area (Å²) in [5.74, 6) is 2.84.